The van der Waals surface area contributed by atoms with E-state index in [0.29, 0.717) is 49.0 Å². The van der Waals surface area contributed by atoms with Gasteiger partial charge in [0, 0.05) is 44.0 Å². The Morgan fingerprint density at radius 1 is 1.00 bits per heavy atom. The number of likely N-dealkylation sites (tertiary alicyclic amines) is 1. The van der Waals surface area contributed by atoms with E-state index in [9.17, 15) is 9.59 Å². The number of amides is 2. The summed E-state index contributed by atoms with van der Waals surface area (Å²) < 4.78 is 5.79. The summed E-state index contributed by atoms with van der Waals surface area (Å²) in [4.78, 5) is 31.1. The molecule has 3 aromatic rings. The zero-order valence-electron chi connectivity index (χ0n) is 18.5. The van der Waals surface area contributed by atoms with E-state index < -0.39 is 0 Å². The van der Waals surface area contributed by atoms with Gasteiger partial charge in [0.2, 0.25) is 11.8 Å². The number of aromatic nitrogens is 1. The van der Waals surface area contributed by atoms with E-state index in [1.54, 1.807) is 12.3 Å². The smallest absolute Gasteiger partial charge is 0.223 e. The summed E-state index contributed by atoms with van der Waals surface area (Å²) in [5.74, 6) is 1.29. The molecule has 1 saturated heterocycles. The van der Waals surface area contributed by atoms with Crippen LogP contribution in [0.2, 0.25) is 5.02 Å². The van der Waals surface area contributed by atoms with Crippen molar-refractivity contribution in [3.8, 4) is 11.3 Å². The van der Waals surface area contributed by atoms with E-state index in [1.165, 1.54) is 0 Å². The van der Waals surface area contributed by atoms with Crippen LogP contribution in [0.4, 0.5) is 0 Å². The first-order valence-corrected chi connectivity index (χ1v) is 11.8. The number of hydrogen-bond acceptors (Lipinski definition) is 4. The lowest BCUT2D eigenvalue weighted by atomic mass is 10.0. The summed E-state index contributed by atoms with van der Waals surface area (Å²) in [5.41, 5.74) is 1.95. The highest BCUT2D eigenvalue weighted by atomic mass is 35.5. The van der Waals surface area contributed by atoms with Crippen molar-refractivity contribution >= 4 is 23.4 Å². The molecule has 0 bridgehead atoms. The standard InChI is InChI=1S/C26H28ClN3O3/c27-22-9-5-4-8-21(22)23-18-28-25(33-23)12-13-26(32)30-16-14-20(15-17-30)29-24(31)11-10-19-6-2-1-3-7-19/h1-9,18,20H,10-17H2,(H,29,31). The van der Waals surface area contributed by atoms with E-state index in [0.717, 1.165) is 30.4 Å². The number of hydrogen-bond donors (Lipinski definition) is 1. The van der Waals surface area contributed by atoms with Gasteiger partial charge in [-0.15, -0.1) is 0 Å². The highest BCUT2D eigenvalue weighted by Crippen LogP contribution is 2.28. The zero-order valence-corrected chi connectivity index (χ0v) is 19.3. The summed E-state index contributed by atoms with van der Waals surface area (Å²) in [6.45, 7) is 1.30. The Kier molecular flexibility index (Phi) is 7.79. The van der Waals surface area contributed by atoms with Crippen molar-refractivity contribution in [1.82, 2.24) is 15.2 Å². The molecular formula is C26H28ClN3O3. The number of piperidine rings is 1. The molecule has 172 valence electrons. The highest BCUT2D eigenvalue weighted by Gasteiger charge is 2.24. The Hall–Kier alpha value is -3.12. The SMILES string of the molecule is O=C(CCc1ccccc1)NC1CCN(C(=O)CCc2ncc(-c3ccccc3Cl)o2)CC1. The molecule has 1 aliphatic rings. The lowest BCUT2D eigenvalue weighted by Gasteiger charge is -2.32. The van der Waals surface area contributed by atoms with Gasteiger partial charge in [0.25, 0.3) is 0 Å². The lowest BCUT2D eigenvalue weighted by Crippen LogP contribution is -2.46. The van der Waals surface area contributed by atoms with Crippen LogP contribution >= 0.6 is 11.6 Å². The van der Waals surface area contributed by atoms with Gasteiger partial charge in [0.15, 0.2) is 11.7 Å². The largest absolute Gasteiger partial charge is 0.441 e. The zero-order chi connectivity index (χ0) is 23.0. The van der Waals surface area contributed by atoms with Gasteiger partial charge >= 0.3 is 0 Å². The Balaban J connectivity index is 1.18. The van der Waals surface area contributed by atoms with E-state index in [4.69, 9.17) is 16.0 Å². The van der Waals surface area contributed by atoms with Crippen molar-refractivity contribution in [2.24, 2.45) is 0 Å². The van der Waals surface area contributed by atoms with Crippen LogP contribution in [-0.2, 0) is 22.4 Å². The van der Waals surface area contributed by atoms with Crippen LogP contribution in [-0.4, -0.2) is 40.8 Å². The molecule has 1 aliphatic heterocycles. The van der Waals surface area contributed by atoms with Gasteiger partial charge in [0.05, 0.1) is 11.2 Å². The maximum absolute atomic E-state index is 12.6. The number of rotatable bonds is 8. The normalized spacial score (nSPS) is 14.3. The van der Waals surface area contributed by atoms with Crippen LogP contribution in [0.3, 0.4) is 0 Å². The average molecular weight is 466 g/mol. The molecule has 2 aromatic carbocycles. The van der Waals surface area contributed by atoms with Gasteiger partial charge in [-0.25, -0.2) is 4.98 Å². The summed E-state index contributed by atoms with van der Waals surface area (Å²) in [5, 5.41) is 3.72. The third-order valence-corrected chi connectivity index (χ3v) is 6.27. The number of carbonyl (C=O) groups is 2. The fourth-order valence-electron chi connectivity index (χ4n) is 4.06. The molecule has 7 heteroatoms. The van der Waals surface area contributed by atoms with Crippen LogP contribution in [0.1, 0.15) is 37.1 Å². The first-order valence-electron chi connectivity index (χ1n) is 11.4. The molecule has 1 aromatic heterocycles. The predicted molar refractivity (Wildman–Crippen MR) is 128 cm³/mol. The van der Waals surface area contributed by atoms with Gasteiger partial charge in [-0.2, -0.15) is 0 Å². The quantitative estimate of drug-likeness (QED) is 0.524. The Morgan fingerprint density at radius 3 is 2.48 bits per heavy atom. The van der Waals surface area contributed by atoms with Crippen LogP contribution in [0.25, 0.3) is 11.3 Å². The van der Waals surface area contributed by atoms with Gasteiger partial charge in [-0.1, -0.05) is 54.1 Å². The van der Waals surface area contributed by atoms with Crippen LogP contribution in [0, 0.1) is 0 Å². The molecule has 1 fully saturated rings. The average Bonchev–Trinajstić information content (AvgIpc) is 3.31. The summed E-state index contributed by atoms with van der Waals surface area (Å²) in [7, 11) is 0. The first-order chi connectivity index (χ1) is 16.1. The second-order valence-electron chi connectivity index (χ2n) is 8.31. The second kappa shape index (κ2) is 11.1. The Labute approximate surface area is 199 Å². The molecule has 2 amide bonds. The minimum absolute atomic E-state index is 0.0712. The summed E-state index contributed by atoms with van der Waals surface area (Å²) in [6, 6.07) is 17.6. The number of halogens is 1. The predicted octanol–water partition coefficient (Wildman–Crippen LogP) is 4.67. The van der Waals surface area contributed by atoms with E-state index in [2.05, 4.69) is 10.3 Å². The van der Waals surface area contributed by atoms with Crippen LogP contribution < -0.4 is 5.32 Å². The van der Waals surface area contributed by atoms with Gasteiger partial charge in [-0.3, -0.25) is 9.59 Å². The van der Waals surface area contributed by atoms with Crippen molar-refractivity contribution < 1.29 is 14.0 Å². The molecular weight excluding hydrogens is 438 g/mol. The molecule has 0 saturated carbocycles. The van der Waals surface area contributed by atoms with Crippen LogP contribution in [0.5, 0.6) is 0 Å². The van der Waals surface area contributed by atoms with E-state index in [1.807, 2.05) is 53.4 Å². The topological polar surface area (TPSA) is 75.4 Å². The van der Waals surface area contributed by atoms with Crippen molar-refractivity contribution in [3.05, 3.63) is 77.3 Å². The van der Waals surface area contributed by atoms with Gasteiger partial charge in [-0.05, 0) is 37.0 Å². The molecule has 4 rings (SSSR count). The molecule has 0 radical (unpaired) electrons. The number of benzene rings is 2. The molecule has 2 heterocycles. The first kappa shape index (κ1) is 23.1. The van der Waals surface area contributed by atoms with E-state index in [-0.39, 0.29) is 17.9 Å². The van der Waals surface area contributed by atoms with Crippen molar-refractivity contribution in [2.45, 2.75) is 44.6 Å². The fourth-order valence-corrected chi connectivity index (χ4v) is 4.29. The van der Waals surface area contributed by atoms with Crippen LogP contribution in [0.15, 0.2) is 65.2 Å². The molecule has 0 spiro atoms. The number of nitrogens with zero attached hydrogens (tertiary/aromatic N) is 2. The Morgan fingerprint density at radius 2 is 1.73 bits per heavy atom. The fraction of sp³-hybridized carbons (Fsp3) is 0.346. The molecule has 0 atom stereocenters. The maximum Gasteiger partial charge on any atom is 0.223 e. The van der Waals surface area contributed by atoms with Crippen molar-refractivity contribution in [3.63, 3.8) is 0 Å². The van der Waals surface area contributed by atoms with Gasteiger partial charge < -0.3 is 14.6 Å². The number of oxazole rings is 1. The Bertz CT molecular complexity index is 1080. The molecule has 6 nitrogen and oxygen atoms in total. The highest BCUT2D eigenvalue weighted by molar-refractivity contribution is 6.33. The maximum atomic E-state index is 12.6. The number of aryl methyl sites for hydroxylation is 2. The van der Waals surface area contributed by atoms with E-state index >= 15 is 0 Å². The monoisotopic (exact) mass is 465 g/mol. The summed E-state index contributed by atoms with van der Waals surface area (Å²) in [6.07, 6.45) is 5.21. The lowest BCUT2D eigenvalue weighted by molar-refractivity contribution is -0.132. The third-order valence-electron chi connectivity index (χ3n) is 5.94. The number of nitrogens with one attached hydrogen (secondary N) is 1. The third kappa shape index (κ3) is 6.45. The van der Waals surface area contributed by atoms with Crippen molar-refractivity contribution in [1.29, 1.82) is 0 Å². The molecule has 0 unspecified atom stereocenters. The molecule has 1 N–H and O–H groups in total. The minimum atomic E-state index is 0.0712. The summed E-state index contributed by atoms with van der Waals surface area (Å²) >= 11 is 6.21. The minimum Gasteiger partial charge on any atom is -0.441 e. The van der Waals surface area contributed by atoms with Crippen molar-refractivity contribution in [2.75, 3.05) is 13.1 Å². The molecule has 33 heavy (non-hydrogen) atoms. The van der Waals surface area contributed by atoms with Gasteiger partial charge in [0.1, 0.15) is 0 Å². The molecule has 0 aliphatic carbocycles. The number of carbonyl (C=O) groups excluding carboxylic acids is 2. The second-order valence-corrected chi connectivity index (χ2v) is 8.71.